The molecule has 0 spiro atoms. The standard InChI is InChI=1S/C17H22O2S/c1-13-15(17(18)19-2)9-6-10-16(13)20-12-11-14-7-4-3-5-8-14/h6,9-11H,3-5,7-8,12H2,1-2H3. The highest BCUT2D eigenvalue weighted by atomic mass is 32.2. The molecule has 1 aliphatic carbocycles. The number of methoxy groups -OCH3 is 1. The van der Waals surface area contributed by atoms with E-state index >= 15 is 0 Å². The molecule has 0 unspecified atom stereocenters. The first-order valence-corrected chi connectivity index (χ1v) is 8.19. The Morgan fingerprint density at radius 1 is 1.30 bits per heavy atom. The van der Waals surface area contributed by atoms with Gasteiger partial charge in [0.1, 0.15) is 0 Å². The van der Waals surface area contributed by atoms with E-state index in [4.69, 9.17) is 4.74 Å². The molecule has 0 saturated heterocycles. The second kappa shape index (κ2) is 7.53. The lowest BCUT2D eigenvalue weighted by Gasteiger charge is -2.13. The van der Waals surface area contributed by atoms with Gasteiger partial charge in [0.05, 0.1) is 12.7 Å². The van der Waals surface area contributed by atoms with E-state index in [2.05, 4.69) is 12.1 Å². The number of hydrogen-bond donors (Lipinski definition) is 0. The van der Waals surface area contributed by atoms with Crippen molar-refractivity contribution in [3.05, 3.63) is 41.0 Å². The Hall–Kier alpha value is -1.22. The molecular formula is C17H22O2S. The molecule has 1 aliphatic rings. The quantitative estimate of drug-likeness (QED) is 0.454. The van der Waals surface area contributed by atoms with Gasteiger partial charge in [0.25, 0.3) is 0 Å². The maximum Gasteiger partial charge on any atom is 0.338 e. The molecule has 20 heavy (non-hydrogen) atoms. The molecule has 1 saturated carbocycles. The number of hydrogen-bond acceptors (Lipinski definition) is 3. The molecule has 0 atom stereocenters. The molecule has 0 aliphatic heterocycles. The van der Waals surface area contributed by atoms with Gasteiger partial charge in [0.2, 0.25) is 0 Å². The van der Waals surface area contributed by atoms with Gasteiger partial charge in [-0.05, 0) is 50.3 Å². The van der Waals surface area contributed by atoms with E-state index in [1.807, 2.05) is 19.1 Å². The molecule has 0 aromatic heterocycles. The van der Waals surface area contributed by atoms with Crippen molar-refractivity contribution in [1.29, 1.82) is 0 Å². The van der Waals surface area contributed by atoms with Crippen molar-refractivity contribution < 1.29 is 9.53 Å². The first-order valence-electron chi connectivity index (χ1n) is 7.21. The van der Waals surface area contributed by atoms with E-state index in [9.17, 15) is 4.79 Å². The van der Waals surface area contributed by atoms with E-state index in [1.54, 1.807) is 17.3 Å². The van der Waals surface area contributed by atoms with Crippen LogP contribution in [0, 0.1) is 6.92 Å². The van der Waals surface area contributed by atoms with Crippen molar-refractivity contribution in [2.24, 2.45) is 0 Å². The van der Waals surface area contributed by atoms with E-state index in [0.29, 0.717) is 5.56 Å². The molecule has 0 radical (unpaired) electrons. The van der Waals surface area contributed by atoms with E-state index in [1.165, 1.54) is 44.1 Å². The topological polar surface area (TPSA) is 26.3 Å². The number of esters is 1. The fourth-order valence-corrected chi connectivity index (χ4v) is 3.56. The van der Waals surface area contributed by atoms with Crippen LogP contribution in [0.4, 0.5) is 0 Å². The van der Waals surface area contributed by atoms with Crippen molar-refractivity contribution in [3.63, 3.8) is 0 Å². The highest BCUT2D eigenvalue weighted by molar-refractivity contribution is 7.99. The van der Waals surface area contributed by atoms with Gasteiger partial charge >= 0.3 is 5.97 Å². The molecule has 0 N–H and O–H groups in total. The third-order valence-corrected chi connectivity index (χ3v) is 4.88. The van der Waals surface area contributed by atoms with Gasteiger partial charge in [0, 0.05) is 10.6 Å². The Kier molecular flexibility index (Phi) is 5.72. The lowest BCUT2D eigenvalue weighted by Crippen LogP contribution is -2.04. The van der Waals surface area contributed by atoms with Crippen molar-refractivity contribution >= 4 is 17.7 Å². The van der Waals surface area contributed by atoms with Crippen LogP contribution in [0.3, 0.4) is 0 Å². The van der Waals surface area contributed by atoms with Crippen molar-refractivity contribution in [2.45, 2.75) is 43.9 Å². The maximum atomic E-state index is 11.7. The Balaban J connectivity index is 2.00. The summed E-state index contributed by atoms with van der Waals surface area (Å²) in [6, 6.07) is 5.83. The van der Waals surface area contributed by atoms with Crippen molar-refractivity contribution in [3.8, 4) is 0 Å². The second-order valence-corrected chi connectivity index (χ2v) is 6.22. The summed E-state index contributed by atoms with van der Waals surface area (Å²) < 4.78 is 4.81. The summed E-state index contributed by atoms with van der Waals surface area (Å²) in [5.41, 5.74) is 3.29. The van der Waals surface area contributed by atoms with Gasteiger partial charge in [-0.3, -0.25) is 0 Å². The summed E-state index contributed by atoms with van der Waals surface area (Å²) in [4.78, 5) is 12.8. The van der Waals surface area contributed by atoms with Crippen LogP contribution in [0.25, 0.3) is 0 Å². The highest BCUT2D eigenvalue weighted by Gasteiger charge is 2.11. The Bertz CT molecular complexity index is 498. The largest absolute Gasteiger partial charge is 0.465 e. The third-order valence-electron chi connectivity index (χ3n) is 3.80. The minimum absolute atomic E-state index is 0.254. The molecule has 3 heteroatoms. The molecule has 1 aromatic rings. The highest BCUT2D eigenvalue weighted by Crippen LogP contribution is 2.28. The molecule has 1 aromatic carbocycles. The Morgan fingerprint density at radius 2 is 2.05 bits per heavy atom. The van der Waals surface area contributed by atoms with Gasteiger partial charge in [-0.1, -0.05) is 24.1 Å². The lowest BCUT2D eigenvalue weighted by atomic mass is 9.95. The molecule has 108 valence electrons. The summed E-state index contributed by atoms with van der Waals surface area (Å²) >= 11 is 1.80. The van der Waals surface area contributed by atoms with Gasteiger partial charge < -0.3 is 4.74 Å². The first-order chi connectivity index (χ1) is 9.72. The van der Waals surface area contributed by atoms with E-state index in [0.717, 1.165) is 11.3 Å². The zero-order chi connectivity index (χ0) is 14.4. The number of ether oxygens (including phenoxy) is 1. The van der Waals surface area contributed by atoms with Crippen molar-refractivity contribution in [1.82, 2.24) is 0 Å². The summed E-state index contributed by atoms with van der Waals surface area (Å²) in [5.74, 6) is 0.733. The molecule has 1 fully saturated rings. The zero-order valence-electron chi connectivity index (χ0n) is 12.3. The van der Waals surface area contributed by atoms with E-state index in [-0.39, 0.29) is 5.97 Å². The maximum absolute atomic E-state index is 11.7. The molecule has 2 rings (SSSR count). The smallest absolute Gasteiger partial charge is 0.338 e. The number of thioether (sulfide) groups is 1. The summed E-state index contributed by atoms with van der Waals surface area (Å²) in [6.45, 7) is 1.99. The number of benzene rings is 1. The second-order valence-electron chi connectivity index (χ2n) is 5.15. The average molecular weight is 290 g/mol. The molecule has 0 heterocycles. The van der Waals surface area contributed by atoms with Crippen LogP contribution in [0.1, 0.15) is 48.0 Å². The number of rotatable bonds is 4. The predicted molar refractivity (Wildman–Crippen MR) is 84.4 cm³/mol. The fourth-order valence-electron chi connectivity index (χ4n) is 2.56. The van der Waals surface area contributed by atoms with Crippen LogP contribution in [0.5, 0.6) is 0 Å². The van der Waals surface area contributed by atoms with E-state index < -0.39 is 0 Å². The lowest BCUT2D eigenvalue weighted by molar-refractivity contribution is 0.0599. The summed E-state index contributed by atoms with van der Waals surface area (Å²) in [6.07, 6.45) is 8.96. The molecular weight excluding hydrogens is 268 g/mol. The molecule has 0 amide bonds. The van der Waals surface area contributed by atoms with Gasteiger partial charge in [-0.15, -0.1) is 11.8 Å². The minimum atomic E-state index is -0.254. The third kappa shape index (κ3) is 3.89. The number of carbonyl (C=O) groups is 1. The van der Waals surface area contributed by atoms with Crippen LogP contribution in [-0.2, 0) is 4.74 Å². The minimum Gasteiger partial charge on any atom is -0.465 e. The van der Waals surface area contributed by atoms with Crippen LogP contribution in [-0.4, -0.2) is 18.8 Å². The van der Waals surface area contributed by atoms with Crippen LogP contribution in [0.2, 0.25) is 0 Å². The number of allylic oxidation sites excluding steroid dienone is 1. The summed E-state index contributed by atoms with van der Waals surface area (Å²) in [5, 5.41) is 0. The number of carbonyl (C=O) groups excluding carboxylic acids is 1. The SMILES string of the molecule is COC(=O)c1cccc(SCC=C2CCCCC2)c1C. The average Bonchev–Trinajstić information content (AvgIpc) is 2.49. The van der Waals surface area contributed by atoms with Crippen LogP contribution < -0.4 is 0 Å². The van der Waals surface area contributed by atoms with Gasteiger partial charge in [-0.2, -0.15) is 0 Å². The van der Waals surface area contributed by atoms with Crippen LogP contribution in [0.15, 0.2) is 34.7 Å². The Labute approximate surface area is 125 Å². The van der Waals surface area contributed by atoms with Gasteiger partial charge in [0.15, 0.2) is 0 Å². The zero-order valence-corrected chi connectivity index (χ0v) is 13.1. The molecule has 2 nitrogen and oxygen atoms in total. The predicted octanol–water partition coefficient (Wildman–Crippen LogP) is 4.76. The summed E-state index contributed by atoms with van der Waals surface area (Å²) in [7, 11) is 1.43. The van der Waals surface area contributed by atoms with Gasteiger partial charge in [-0.25, -0.2) is 4.79 Å². The molecule has 0 bridgehead atoms. The van der Waals surface area contributed by atoms with Crippen LogP contribution >= 0.6 is 11.8 Å². The normalized spacial score (nSPS) is 15.0. The Morgan fingerprint density at radius 3 is 2.75 bits per heavy atom. The van der Waals surface area contributed by atoms with Crippen molar-refractivity contribution in [2.75, 3.05) is 12.9 Å². The monoisotopic (exact) mass is 290 g/mol. The first kappa shape index (κ1) is 15.2. The fraction of sp³-hybridized carbons (Fsp3) is 0.471.